The molecule has 104 valence electrons. The molecule has 1 amide bonds. The lowest BCUT2D eigenvalue weighted by molar-refractivity contribution is -0.147. The van der Waals surface area contributed by atoms with Gasteiger partial charge in [-0.15, -0.1) is 0 Å². The molecule has 5 nitrogen and oxygen atoms in total. The second-order valence-corrected chi connectivity index (χ2v) is 4.72. The first-order chi connectivity index (χ1) is 8.99. The zero-order valence-electron chi connectivity index (χ0n) is 11.1. The monoisotopic (exact) mass is 265 g/mol. The van der Waals surface area contributed by atoms with Crippen LogP contribution in [0.1, 0.15) is 25.8 Å². The maximum absolute atomic E-state index is 11.8. The highest BCUT2D eigenvalue weighted by Gasteiger charge is 2.23. The van der Waals surface area contributed by atoms with Crippen LogP contribution in [0.25, 0.3) is 0 Å². The zero-order chi connectivity index (χ0) is 14.3. The maximum atomic E-state index is 11.8. The van der Waals surface area contributed by atoms with Gasteiger partial charge in [-0.25, -0.2) is 9.59 Å². The van der Waals surface area contributed by atoms with Crippen molar-refractivity contribution < 1.29 is 19.4 Å². The summed E-state index contributed by atoms with van der Waals surface area (Å²) in [5.74, 6) is -0.346. The largest absolute Gasteiger partial charge is 0.465 e. The van der Waals surface area contributed by atoms with Gasteiger partial charge < -0.3 is 15.2 Å². The molecule has 0 spiro atoms. The van der Waals surface area contributed by atoms with Crippen molar-refractivity contribution >= 4 is 12.1 Å². The van der Waals surface area contributed by atoms with Crippen LogP contribution in [0.2, 0.25) is 0 Å². The Labute approximate surface area is 112 Å². The molecule has 1 aromatic carbocycles. The standard InChI is InChI=1S/C14H19NO4/c1-10(2)8-12(15-14(17)18)13(16)19-9-11-6-4-3-5-7-11/h3-7,10,12,15H,8-9H2,1-2H3,(H,17,18)/t12-/m0/s1. The summed E-state index contributed by atoms with van der Waals surface area (Å²) >= 11 is 0. The normalized spacial score (nSPS) is 11.9. The molecule has 0 heterocycles. The summed E-state index contributed by atoms with van der Waals surface area (Å²) in [7, 11) is 0. The van der Waals surface area contributed by atoms with Crippen LogP contribution in [0.15, 0.2) is 30.3 Å². The van der Waals surface area contributed by atoms with Gasteiger partial charge in [0.05, 0.1) is 0 Å². The molecule has 0 radical (unpaired) electrons. The Hall–Kier alpha value is -2.04. The SMILES string of the molecule is CC(C)C[C@H](NC(=O)O)C(=O)OCc1ccccc1. The van der Waals surface area contributed by atoms with Crippen LogP contribution in [0.4, 0.5) is 4.79 Å². The molecular formula is C14H19NO4. The molecule has 0 aliphatic heterocycles. The molecule has 5 heteroatoms. The lowest BCUT2D eigenvalue weighted by atomic mass is 10.0. The van der Waals surface area contributed by atoms with Crippen LogP contribution < -0.4 is 5.32 Å². The van der Waals surface area contributed by atoms with Crippen molar-refractivity contribution in [2.24, 2.45) is 5.92 Å². The van der Waals surface area contributed by atoms with Crippen LogP contribution in [0.5, 0.6) is 0 Å². The predicted octanol–water partition coefficient (Wildman–Crippen LogP) is 2.41. The Balaban J connectivity index is 2.54. The Morgan fingerprint density at radius 3 is 2.42 bits per heavy atom. The second kappa shape index (κ2) is 7.41. The van der Waals surface area contributed by atoms with Crippen molar-refractivity contribution in [2.45, 2.75) is 32.9 Å². The van der Waals surface area contributed by atoms with E-state index >= 15 is 0 Å². The molecule has 0 fully saturated rings. The van der Waals surface area contributed by atoms with E-state index in [0.29, 0.717) is 6.42 Å². The summed E-state index contributed by atoms with van der Waals surface area (Å²) in [6.07, 6.45) is -0.803. The van der Waals surface area contributed by atoms with Gasteiger partial charge >= 0.3 is 12.1 Å². The van der Waals surface area contributed by atoms with E-state index in [1.54, 1.807) is 0 Å². The molecule has 1 atom stereocenters. The molecule has 0 aliphatic carbocycles. The molecule has 1 aromatic rings. The fourth-order valence-electron chi connectivity index (χ4n) is 1.66. The van der Waals surface area contributed by atoms with Gasteiger partial charge in [0.25, 0.3) is 0 Å². The first kappa shape index (κ1) is 15.0. The number of amides is 1. The molecule has 0 saturated heterocycles. The van der Waals surface area contributed by atoms with Gasteiger partial charge in [0, 0.05) is 0 Å². The molecule has 0 aliphatic rings. The molecule has 0 unspecified atom stereocenters. The van der Waals surface area contributed by atoms with Crippen molar-refractivity contribution in [3.05, 3.63) is 35.9 Å². The van der Waals surface area contributed by atoms with E-state index in [1.807, 2.05) is 44.2 Å². The number of carbonyl (C=O) groups excluding carboxylic acids is 1. The second-order valence-electron chi connectivity index (χ2n) is 4.72. The molecule has 0 aromatic heterocycles. The van der Waals surface area contributed by atoms with Crippen molar-refractivity contribution in [3.8, 4) is 0 Å². The van der Waals surface area contributed by atoms with Gasteiger partial charge in [-0.2, -0.15) is 0 Å². The lowest BCUT2D eigenvalue weighted by Gasteiger charge is -2.17. The minimum Gasteiger partial charge on any atom is -0.465 e. The van der Waals surface area contributed by atoms with Crippen LogP contribution in [0, 0.1) is 5.92 Å². The highest BCUT2D eigenvalue weighted by atomic mass is 16.5. The summed E-state index contributed by atoms with van der Waals surface area (Å²) in [5.41, 5.74) is 0.870. The Morgan fingerprint density at radius 2 is 1.89 bits per heavy atom. The van der Waals surface area contributed by atoms with Crippen molar-refractivity contribution in [1.82, 2.24) is 5.32 Å². The molecule has 2 N–H and O–H groups in total. The topological polar surface area (TPSA) is 75.6 Å². The third-order valence-corrected chi connectivity index (χ3v) is 2.51. The number of hydrogen-bond acceptors (Lipinski definition) is 3. The van der Waals surface area contributed by atoms with Crippen LogP contribution in [-0.2, 0) is 16.1 Å². The summed E-state index contributed by atoms with van der Waals surface area (Å²) < 4.78 is 5.13. The summed E-state index contributed by atoms with van der Waals surface area (Å²) in [5, 5.41) is 10.9. The van der Waals surface area contributed by atoms with Crippen molar-refractivity contribution in [3.63, 3.8) is 0 Å². The highest BCUT2D eigenvalue weighted by molar-refractivity contribution is 5.80. The van der Waals surface area contributed by atoms with Crippen LogP contribution >= 0.6 is 0 Å². The number of nitrogens with one attached hydrogen (secondary N) is 1. The Morgan fingerprint density at radius 1 is 1.26 bits per heavy atom. The van der Waals surface area contributed by atoms with Gasteiger partial charge in [0.2, 0.25) is 0 Å². The first-order valence-corrected chi connectivity index (χ1v) is 6.19. The number of carbonyl (C=O) groups is 2. The first-order valence-electron chi connectivity index (χ1n) is 6.19. The average molecular weight is 265 g/mol. The van der Waals surface area contributed by atoms with Crippen molar-refractivity contribution in [1.29, 1.82) is 0 Å². The Bertz CT molecular complexity index is 417. The number of ether oxygens (including phenoxy) is 1. The smallest absolute Gasteiger partial charge is 0.405 e. The molecule has 19 heavy (non-hydrogen) atoms. The fourth-order valence-corrected chi connectivity index (χ4v) is 1.66. The van der Waals surface area contributed by atoms with Gasteiger partial charge in [-0.05, 0) is 17.9 Å². The number of carboxylic acid groups (broad SMARTS) is 1. The fraction of sp³-hybridized carbons (Fsp3) is 0.429. The van der Waals surface area contributed by atoms with Gasteiger partial charge in [0.15, 0.2) is 0 Å². The van der Waals surface area contributed by atoms with E-state index in [1.165, 1.54) is 0 Å². The van der Waals surface area contributed by atoms with E-state index in [0.717, 1.165) is 5.56 Å². The molecular weight excluding hydrogens is 246 g/mol. The van der Waals surface area contributed by atoms with E-state index in [4.69, 9.17) is 9.84 Å². The third kappa shape index (κ3) is 5.90. The zero-order valence-corrected chi connectivity index (χ0v) is 11.1. The van der Waals surface area contributed by atoms with Crippen LogP contribution in [0.3, 0.4) is 0 Å². The Kier molecular flexibility index (Phi) is 5.85. The number of esters is 1. The third-order valence-electron chi connectivity index (χ3n) is 2.51. The van der Waals surface area contributed by atoms with Gasteiger partial charge in [-0.1, -0.05) is 44.2 Å². The minimum absolute atomic E-state index is 0.148. The quantitative estimate of drug-likeness (QED) is 0.774. The van der Waals surface area contributed by atoms with Gasteiger partial charge in [-0.3, -0.25) is 0 Å². The lowest BCUT2D eigenvalue weighted by Crippen LogP contribution is -2.41. The average Bonchev–Trinajstić information content (AvgIpc) is 2.35. The molecule has 0 saturated carbocycles. The van der Waals surface area contributed by atoms with E-state index in [9.17, 15) is 9.59 Å². The maximum Gasteiger partial charge on any atom is 0.405 e. The van der Waals surface area contributed by atoms with Crippen molar-refractivity contribution in [2.75, 3.05) is 0 Å². The molecule has 0 bridgehead atoms. The van der Waals surface area contributed by atoms with Crippen LogP contribution in [-0.4, -0.2) is 23.2 Å². The predicted molar refractivity (Wildman–Crippen MR) is 70.6 cm³/mol. The summed E-state index contributed by atoms with van der Waals surface area (Å²) in [4.78, 5) is 22.5. The number of benzene rings is 1. The highest BCUT2D eigenvalue weighted by Crippen LogP contribution is 2.08. The van der Waals surface area contributed by atoms with E-state index < -0.39 is 18.1 Å². The summed E-state index contributed by atoms with van der Waals surface area (Å²) in [6, 6.07) is 8.44. The van der Waals surface area contributed by atoms with E-state index in [-0.39, 0.29) is 12.5 Å². The summed E-state index contributed by atoms with van der Waals surface area (Å²) in [6.45, 7) is 3.98. The minimum atomic E-state index is -1.22. The molecule has 1 rings (SSSR count). The van der Waals surface area contributed by atoms with Gasteiger partial charge in [0.1, 0.15) is 12.6 Å². The number of rotatable bonds is 6. The van der Waals surface area contributed by atoms with E-state index in [2.05, 4.69) is 5.32 Å². The number of hydrogen-bond donors (Lipinski definition) is 2.